The van der Waals surface area contributed by atoms with Crippen molar-refractivity contribution >= 4 is 25.9 Å². The van der Waals surface area contributed by atoms with E-state index in [4.69, 9.17) is 15.4 Å². The van der Waals surface area contributed by atoms with Gasteiger partial charge in [-0.3, -0.25) is 0 Å². The van der Waals surface area contributed by atoms with Crippen LogP contribution in [0.15, 0.2) is 12.2 Å². The predicted octanol–water partition coefficient (Wildman–Crippen LogP) is 2.71. The smallest absolute Gasteiger partial charge is 0.333 e. The van der Waals surface area contributed by atoms with E-state index in [0.29, 0.717) is 12.2 Å². The zero-order valence-electron chi connectivity index (χ0n) is 8.43. The van der Waals surface area contributed by atoms with Crippen molar-refractivity contribution < 1.29 is 9.53 Å². The number of rotatable bonds is 5. The molecule has 0 N–H and O–H groups in total. The lowest BCUT2D eigenvalue weighted by atomic mass is 10.4. The summed E-state index contributed by atoms with van der Waals surface area (Å²) in [6, 6.07) is 0. The topological polar surface area (TPSA) is 26.3 Å². The highest BCUT2D eigenvalue weighted by atomic mass is 35.7. The van der Waals surface area contributed by atoms with Gasteiger partial charge < -0.3 is 4.74 Å². The van der Waals surface area contributed by atoms with E-state index in [1.807, 2.05) is 12.5 Å². The molecule has 0 fully saturated rings. The monoisotopic (exact) mass is 224 g/mol. The van der Waals surface area contributed by atoms with E-state index in [2.05, 4.69) is 6.58 Å². The third-order valence-corrected chi connectivity index (χ3v) is 3.08. The molecule has 0 atom stereocenters. The van der Waals surface area contributed by atoms with Crippen LogP contribution in [0.3, 0.4) is 0 Å². The molecule has 0 aromatic heterocycles. The van der Waals surface area contributed by atoms with Crippen molar-refractivity contribution in [3.8, 4) is 0 Å². The first-order chi connectivity index (χ1) is 5.83. The van der Waals surface area contributed by atoms with Gasteiger partial charge in [-0.15, -0.1) is 0 Å². The molecule has 0 heterocycles. The molecule has 4 heteroatoms. The minimum atomic E-state index is -0.984. The molecule has 0 aliphatic heterocycles. The Kier molecular flexibility index (Phi) is 5.49. The highest BCUT2D eigenvalue weighted by molar-refractivity contribution is 8.50. The van der Waals surface area contributed by atoms with E-state index >= 15 is 0 Å². The summed E-state index contributed by atoms with van der Waals surface area (Å²) in [7, 11) is 5.05. The van der Waals surface area contributed by atoms with Gasteiger partial charge in [0.05, 0.1) is 6.61 Å². The van der Waals surface area contributed by atoms with Crippen LogP contribution in [0.25, 0.3) is 0 Å². The number of hydrogen-bond acceptors (Lipinski definition) is 2. The second-order valence-corrected chi connectivity index (χ2v) is 9.10. The fourth-order valence-corrected chi connectivity index (χ4v) is 1.82. The molecular weight excluding hydrogens is 208 g/mol. The second kappa shape index (κ2) is 5.55. The van der Waals surface area contributed by atoms with E-state index in [-0.39, 0.29) is 5.97 Å². The summed E-state index contributed by atoms with van der Waals surface area (Å²) in [6.07, 6.45) is 4.87. The van der Waals surface area contributed by atoms with Crippen molar-refractivity contribution in [2.75, 3.05) is 24.9 Å². The van der Waals surface area contributed by atoms with Crippen molar-refractivity contribution in [1.82, 2.24) is 0 Å². The summed E-state index contributed by atoms with van der Waals surface area (Å²) < 4.78 is 4.92. The van der Waals surface area contributed by atoms with E-state index < -0.39 is 9.24 Å². The van der Waals surface area contributed by atoms with Gasteiger partial charge in [-0.05, 0) is 31.6 Å². The average molecular weight is 225 g/mol. The first kappa shape index (κ1) is 12.8. The summed E-state index contributed by atoms with van der Waals surface area (Å²) in [5.41, 5.74) is 0.442. The first-order valence-electron chi connectivity index (χ1n) is 4.06. The highest BCUT2D eigenvalue weighted by Gasteiger charge is 2.07. The number of carbonyl (C=O) groups is 1. The lowest BCUT2D eigenvalue weighted by molar-refractivity contribution is -0.138. The number of hydrogen-bond donors (Lipinski definition) is 0. The molecule has 2 nitrogen and oxygen atoms in total. The van der Waals surface area contributed by atoms with E-state index in [1.54, 1.807) is 6.92 Å². The lowest BCUT2D eigenvalue weighted by Crippen LogP contribution is -2.08. The maximum absolute atomic E-state index is 10.9. The lowest BCUT2D eigenvalue weighted by Gasteiger charge is -2.20. The molecule has 0 spiro atoms. The standard InChI is InChI=1S/C9H17ClO2S/c1-8(2)9(11)12-6-5-7-13(3,4)10/h1,5-7H2,2-4H3. The molecule has 0 aromatic rings. The minimum absolute atomic E-state index is 0.317. The Balaban J connectivity index is 3.47. The normalized spacial score (nSPS) is 12.3. The minimum Gasteiger partial charge on any atom is -0.462 e. The van der Waals surface area contributed by atoms with Crippen LogP contribution in [-0.4, -0.2) is 30.8 Å². The predicted molar refractivity (Wildman–Crippen MR) is 60.5 cm³/mol. The molecule has 0 aromatic carbocycles. The van der Waals surface area contributed by atoms with Gasteiger partial charge in [0.2, 0.25) is 0 Å². The van der Waals surface area contributed by atoms with Crippen LogP contribution >= 0.6 is 19.9 Å². The summed E-state index contributed by atoms with van der Waals surface area (Å²) >= 11 is 0. The van der Waals surface area contributed by atoms with Crippen molar-refractivity contribution in [1.29, 1.82) is 0 Å². The first-order valence-corrected chi connectivity index (χ1v) is 7.50. The van der Waals surface area contributed by atoms with Gasteiger partial charge >= 0.3 is 5.97 Å². The molecule has 0 rings (SSSR count). The van der Waals surface area contributed by atoms with Gasteiger partial charge in [0.1, 0.15) is 0 Å². The summed E-state index contributed by atoms with van der Waals surface area (Å²) in [6.45, 7) is 5.56. The number of halogens is 1. The molecule has 0 aliphatic carbocycles. The van der Waals surface area contributed by atoms with Crippen molar-refractivity contribution in [3.63, 3.8) is 0 Å². The van der Waals surface area contributed by atoms with Gasteiger partial charge in [-0.1, -0.05) is 17.3 Å². The van der Waals surface area contributed by atoms with Crippen LogP contribution in [0.5, 0.6) is 0 Å². The van der Waals surface area contributed by atoms with Crippen molar-refractivity contribution in [2.45, 2.75) is 13.3 Å². The molecule has 0 amide bonds. The highest BCUT2D eigenvalue weighted by Crippen LogP contribution is 2.45. The molecule has 0 radical (unpaired) electrons. The Hall–Kier alpha value is -0.150. The zero-order chi connectivity index (χ0) is 10.5. The van der Waals surface area contributed by atoms with E-state index in [0.717, 1.165) is 12.2 Å². The van der Waals surface area contributed by atoms with Crippen LogP contribution in [0.4, 0.5) is 0 Å². The SMILES string of the molecule is C=C(C)C(=O)OCCCS(C)(C)Cl. The molecule has 0 bridgehead atoms. The largest absolute Gasteiger partial charge is 0.462 e. The van der Waals surface area contributed by atoms with Gasteiger partial charge in [-0.2, -0.15) is 9.24 Å². The van der Waals surface area contributed by atoms with Crippen LogP contribution in [0.2, 0.25) is 0 Å². The van der Waals surface area contributed by atoms with Crippen LogP contribution in [-0.2, 0) is 9.53 Å². The van der Waals surface area contributed by atoms with E-state index in [1.165, 1.54) is 0 Å². The fourth-order valence-electron chi connectivity index (χ4n) is 0.690. The van der Waals surface area contributed by atoms with Gasteiger partial charge in [0.25, 0.3) is 0 Å². The molecule has 0 saturated heterocycles. The molecule has 78 valence electrons. The third kappa shape index (κ3) is 8.19. The second-order valence-electron chi connectivity index (χ2n) is 3.38. The number of esters is 1. The van der Waals surface area contributed by atoms with Gasteiger partial charge in [0, 0.05) is 5.57 Å². The Morgan fingerprint density at radius 2 is 2.08 bits per heavy atom. The van der Waals surface area contributed by atoms with Gasteiger partial charge in [-0.25, -0.2) is 4.79 Å². The number of carbonyl (C=O) groups excluding carboxylic acids is 1. The summed E-state index contributed by atoms with van der Waals surface area (Å²) in [5, 5.41) is 0. The van der Waals surface area contributed by atoms with Crippen molar-refractivity contribution in [2.24, 2.45) is 0 Å². The average Bonchev–Trinajstić information content (AvgIpc) is 1.95. The fraction of sp³-hybridized carbons (Fsp3) is 0.667. The van der Waals surface area contributed by atoms with Gasteiger partial charge in [0.15, 0.2) is 0 Å². The zero-order valence-corrected chi connectivity index (χ0v) is 10.0. The molecule has 13 heavy (non-hydrogen) atoms. The Labute approximate surface area is 86.1 Å². The Bertz CT molecular complexity index is 196. The van der Waals surface area contributed by atoms with Crippen LogP contribution in [0.1, 0.15) is 13.3 Å². The molecule has 0 unspecified atom stereocenters. The maximum atomic E-state index is 10.9. The molecule has 0 saturated carbocycles. The number of ether oxygens (including phenoxy) is 1. The van der Waals surface area contributed by atoms with Crippen LogP contribution in [0, 0.1) is 0 Å². The summed E-state index contributed by atoms with van der Waals surface area (Å²) in [4.78, 5) is 10.9. The molecule has 0 aliphatic rings. The Morgan fingerprint density at radius 1 is 1.54 bits per heavy atom. The van der Waals surface area contributed by atoms with Crippen molar-refractivity contribution in [3.05, 3.63) is 12.2 Å². The van der Waals surface area contributed by atoms with E-state index in [9.17, 15) is 4.79 Å². The van der Waals surface area contributed by atoms with Crippen LogP contribution < -0.4 is 0 Å². The molecular formula is C9H17ClO2S. The quantitative estimate of drug-likeness (QED) is 0.408. The summed E-state index contributed by atoms with van der Waals surface area (Å²) in [5.74, 6) is 0.597. The third-order valence-electron chi connectivity index (χ3n) is 1.36. The Morgan fingerprint density at radius 3 is 2.46 bits per heavy atom. The maximum Gasteiger partial charge on any atom is 0.333 e.